The molecule has 5 rings (SSSR count). The summed E-state index contributed by atoms with van der Waals surface area (Å²) < 4.78 is 0. The van der Waals surface area contributed by atoms with Crippen molar-refractivity contribution in [3.8, 4) is 17.2 Å². The van der Waals surface area contributed by atoms with Gasteiger partial charge in [0, 0.05) is 30.3 Å². The minimum Gasteiger partial charge on any atom is -0.386 e. The minimum absolute atomic E-state index is 0.370. The van der Waals surface area contributed by atoms with Crippen LogP contribution in [0.25, 0.3) is 22.0 Å². The highest BCUT2D eigenvalue weighted by Gasteiger charge is 2.42. The molecule has 1 aliphatic carbocycles. The third kappa shape index (κ3) is 5.50. The number of anilines is 1. The number of benzene rings is 2. The Bertz CT molecular complexity index is 1590. The minimum atomic E-state index is -1.09. The van der Waals surface area contributed by atoms with Crippen LogP contribution in [0.2, 0.25) is 0 Å². The van der Waals surface area contributed by atoms with Gasteiger partial charge in [-0.2, -0.15) is 5.26 Å². The molecule has 1 N–H and O–H groups in total. The Labute approximate surface area is 241 Å². The van der Waals surface area contributed by atoms with Crippen LogP contribution >= 0.6 is 0 Å². The molecule has 210 valence electrons. The van der Waals surface area contributed by atoms with Crippen molar-refractivity contribution in [2.75, 3.05) is 24.5 Å². The monoisotopic (exact) mass is 548 g/mol. The van der Waals surface area contributed by atoms with Crippen LogP contribution in [0.1, 0.15) is 57.6 Å². The number of nitriles is 1. The van der Waals surface area contributed by atoms with Gasteiger partial charge in [-0.1, -0.05) is 43.0 Å². The first-order valence-electron chi connectivity index (χ1n) is 14.0. The van der Waals surface area contributed by atoms with Crippen LogP contribution in [0.4, 0.5) is 5.69 Å². The number of rotatable bonds is 8. The quantitative estimate of drug-likeness (QED) is 0.254. The molecule has 2 aromatic carbocycles. The first kappa shape index (κ1) is 28.2. The van der Waals surface area contributed by atoms with Crippen LogP contribution in [-0.4, -0.2) is 52.1 Å². The summed E-state index contributed by atoms with van der Waals surface area (Å²) >= 11 is 0. The third-order valence-electron chi connectivity index (χ3n) is 8.11. The number of allylic oxidation sites excluding steroid dienone is 1. The second-order valence-corrected chi connectivity index (χ2v) is 11.6. The number of nitroso groups, excluding NO2 is 1. The smallest absolute Gasteiger partial charge is 0.189 e. The highest BCUT2D eigenvalue weighted by Crippen LogP contribution is 2.49. The van der Waals surface area contributed by atoms with Crippen molar-refractivity contribution in [2.24, 2.45) is 10.2 Å². The summed E-state index contributed by atoms with van der Waals surface area (Å²) in [6.07, 6.45) is 7.60. The van der Waals surface area contributed by atoms with Gasteiger partial charge in [-0.05, 0) is 80.5 Å². The van der Waals surface area contributed by atoms with Gasteiger partial charge in [-0.15, -0.1) is 4.91 Å². The molecular formula is C33H36N6O2. The van der Waals surface area contributed by atoms with Gasteiger partial charge >= 0.3 is 0 Å². The molecule has 1 saturated carbocycles. The first-order valence-corrected chi connectivity index (χ1v) is 14.0. The zero-order valence-electron chi connectivity index (χ0n) is 24.1. The number of aliphatic imine (C=N–C) groups is 1. The third-order valence-corrected chi connectivity index (χ3v) is 8.11. The molecular weight excluding hydrogens is 512 g/mol. The number of para-hydroxylation sites is 1. The van der Waals surface area contributed by atoms with Gasteiger partial charge in [0.15, 0.2) is 5.66 Å². The maximum absolute atomic E-state index is 12.3. The van der Waals surface area contributed by atoms with Gasteiger partial charge in [0.1, 0.15) is 5.82 Å². The maximum Gasteiger partial charge on any atom is 0.189 e. The van der Waals surface area contributed by atoms with Crippen molar-refractivity contribution in [2.45, 2.75) is 57.7 Å². The molecule has 41 heavy (non-hydrogen) atoms. The predicted molar refractivity (Wildman–Crippen MR) is 165 cm³/mol. The standard InChI is InChI=1S/C33H36N6O2/c1-6-26(32(3,4)40)19-35-22(2)39-17-16-38(21-33(39,5)37-41)29-20-36-31-27(24-12-10-23(18-34)11-13-24)8-7-9-28(31)30(29)25-14-15-25/h6-13,19-20,25,40H,2,14-17,21H2,1,3-5H3/b26-6+,35-19-. The zero-order valence-corrected chi connectivity index (χ0v) is 24.1. The number of pyridine rings is 1. The summed E-state index contributed by atoms with van der Waals surface area (Å²) in [5.41, 5.74) is 4.47. The van der Waals surface area contributed by atoms with E-state index in [-0.39, 0.29) is 0 Å². The molecule has 1 saturated heterocycles. The van der Waals surface area contributed by atoms with Gasteiger partial charge in [-0.3, -0.25) is 4.98 Å². The number of nitrogens with zero attached hydrogens (tertiary/aromatic N) is 6. The Morgan fingerprint density at radius 3 is 2.56 bits per heavy atom. The van der Waals surface area contributed by atoms with Crippen molar-refractivity contribution in [1.82, 2.24) is 9.88 Å². The van der Waals surface area contributed by atoms with Crippen LogP contribution in [0.3, 0.4) is 0 Å². The molecule has 2 fully saturated rings. The first-order chi connectivity index (χ1) is 19.6. The molecule has 0 amide bonds. The molecule has 1 aliphatic heterocycles. The van der Waals surface area contributed by atoms with Gasteiger partial charge < -0.3 is 14.9 Å². The molecule has 1 aromatic heterocycles. The van der Waals surface area contributed by atoms with Crippen molar-refractivity contribution in [3.05, 3.63) is 88.7 Å². The summed E-state index contributed by atoms with van der Waals surface area (Å²) in [6, 6.07) is 16.1. The fourth-order valence-corrected chi connectivity index (χ4v) is 5.72. The van der Waals surface area contributed by atoms with E-state index < -0.39 is 11.3 Å². The molecule has 1 atom stereocenters. The summed E-state index contributed by atoms with van der Waals surface area (Å²) in [5.74, 6) is 0.877. The van der Waals surface area contributed by atoms with E-state index in [1.165, 1.54) is 5.56 Å². The Balaban J connectivity index is 1.47. The second-order valence-electron chi connectivity index (χ2n) is 11.6. The molecule has 8 heteroatoms. The summed E-state index contributed by atoms with van der Waals surface area (Å²) in [5, 5.41) is 24.3. The Kier molecular flexibility index (Phi) is 7.50. The number of hydrogen-bond acceptors (Lipinski definition) is 8. The Morgan fingerprint density at radius 2 is 1.95 bits per heavy atom. The van der Waals surface area contributed by atoms with Crippen LogP contribution < -0.4 is 4.90 Å². The van der Waals surface area contributed by atoms with E-state index in [1.807, 2.05) is 55.3 Å². The Morgan fingerprint density at radius 1 is 1.22 bits per heavy atom. The maximum atomic E-state index is 12.3. The molecule has 3 aromatic rings. The molecule has 0 spiro atoms. The largest absolute Gasteiger partial charge is 0.386 e. The fourth-order valence-electron chi connectivity index (χ4n) is 5.72. The van der Waals surface area contributed by atoms with Gasteiger partial charge in [-0.25, -0.2) is 4.99 Å². The van der Waals surface area contributed by atoms with Crippen molar-refractivity contribution in [3.63, 3.8) is 0 Å². The second kappa shape index (κ2) is 10.9. The predicted octanol–water partition coefficient (Wildman–Crippen LogP) is 6.51. The normalized spacial score (nSPS) is 20.0. The number of piperazine rings is 1. The molecule has 1 unspecified atom stereocenters. The van der Waals surface area contributed by atoms with E-state index in [1.54, 1.807) is 20.1 Å². The van der Waals surface area contributed by atoms with Crippen molar-refractivity contribution >= 4 is 22.8 Å². The fraction of sp³-hybridized carbons (Fsp3) is 0.364. The van der Waals surface area contributed by atoms with Crippen LogP contribution in [-0.2, 0) is 0 Å². The van der Waals surface area contributed by atoms with E-state index in [9.17, 15) is 15.3 Å². The van der Waals surface area contributed by atoms with E-state index in [4.69, 9.17) is 4.98 Å². The molecule has 2 aliphatic rings. The van der Waals surface area contributed by atoms with Gasteiger partial charge in [0.25, 0.3) is 0 Å². The topological polar surface area (TPSA) is 105 Å². The van der Waals surface area contributed by atoms with Crippen LogP contribution in [0.5, 0.6) is 0 Å². The SMILES string of the molecule is C=C(/N=C\C(=C/C)C(C)(C)O)N1CCN(c2cnc3c(-c4ccc(C#N)cc4)cccc3c2C2CC2)CC1(C)N=O. The number of fused-ring (bicyclic) bond motifs is 1. The Hall–Kier alpha value is -4.35. The van der Waals surface area contributed by atoms with E-state index in [0.717, 1.165) is 40.6 Å². The molecule has 0 bridgehead atoms. The van der Waals surface area contributed by atoms with Crippen LogP contribution in [0, 0.1) is 16.2 Å². The van der Waals surface area contributed by atoms with Crippen molar-refractivity contribution < 1.29 is 5.11 Å². The van der Waals surface area contributed by atoms with Crippen molar-refractivity contribution in [1.29, 1.82) is 5.26 Å². The molecule has 2 heterocycles. The van der Waals surface area contributed by atoms with Crippen LogP contribution in [0.15, 0.2) is 82.9 Å². The number of hydrogen-bond donors (Lipinski definition) is 1. The number of aliphatic hydroxyl groups is 1. The zero-order chi connectivity index (χ0) is 29.4. The summed E-state index contributed by atoms with van der Waals surface area (Å²) in [4.78, 5) is 25.8. The average molecular weight is 549 g/mol. The lowest BCUT2D eigenvalue weighted by atomic mass is 9.95. The van der Waals surface area contributed by atoms with E-state index in [2.05, 4.69) is 45.9 Å². The lowest BCUT2D eigenvalue weighted by Gasteiger charge is -2.46. The highest BCUT2D eigenvalue weighted by atomic mass is 16.3. The molecule has 8 nitrogen and oxygen atoms in total. The highest BCUT2D eigenvalue weighted by molar-refractivity contribution is 5.98. The van der Waals surface area contributed by atoms with E-state index in [0.29, 0.717) is 42.5 Å². The lowest BCUT2D eigenvalue weighted by Crippen LogP contribution is -2.59. The van der Waals surface area contributed by atoms with Gasteiger partial charge in [0.2, 0.25) is 0 Å². The van der Waals surface area contributed by atoms with Gasteiger partial charge in [0.05, 0.1) is 41.2 Å². The average Bonchev–Trinajstić information content (AvgIpc) is 3.81. The summed E-state index contributed by atoms with van der Waals surface area (Å²) in [7, 11) is 0. The van der Waals surface area contributed by atoms with E-state index >= 15 is 0 Å². The number of aromatic nitrogens is 1. The summed E-state index contributed by atoms with van der Waals surface area (Å²) in [6.45, 7) is 12.7. The molecule has 0 radical (unpaired) electrons. The lowest BCUT2D eigenvalue weighted by molar-refractivity contribution is 0.126.